The molecule has 0 saturated carbocycles. The zero-order chi connectivity index (χ0) is 26.8. The van der Waals surface area contributed by atoms with Gasteiger partial charge in [-0.3, -0.25) is 0 Å². The molecule has 1 saturated heterocycles. The number of pyridine rings is 1. The molecule has 1 fully saturated rings. The largest absolute Gasteiger partial charge is 0.430 e. The summed E-state index contributed by atoms with van der Waals surface area (Å²) >= 11 is 0. The third kappa shape index (κ3) is 4.16. The molecule has 2 atom stereocenters. The Labute approximate surface area is 205 Å². The van der Waals surface area contributed by atoms with Gasteiger partial charge in [-0.05, 0) is 55.9 Å². The van der Waals surface area contributed by atoms with E-state index in [1.165, 1.54) is 11.0 Å². The number of anilines is 2. The fourth-order valence-corrected chi connectivity index (χ4v) is 4.93. The zero-order valence-corrected chi connectivity index (χ0v) is 19.0. The van der Waals surface area contributed by atoms with Gasteiger partial charge >= 0.3 is 12.4 Å². The van der Waals surface area contributed by atoms with Crippen molar-refractivity contribution in [3.63, 3.8) is 0 Å². The van der Waals surface area contributed by atoms with Crippen molar-refractivity contribution in [3.8, 4) is 11.6 Å². The molecule has 3 N–H and O–H groups in total. The molecular weight excluding hydrogens is 511 g/mol. The van der Waals surface area contributed by atoms with E-state index in [1.54, 1.807) is 0 Å². The Balaban J connectivity index is 1.77. The SMILES string of the molecule is Nc1cc(C(F)(F)F)c2nc1-c1nnc(o1)[C@@](O)(C(F)(F)F)c1cc(ccc1F)CCC[C@@H]1CCCN21. The molecule has 0 amide bonds. The highest BCUT2D eigenvalue weighted by atomic mass is 19.4. The number of alkyl halides is 6. The molecule has 0 radical (unpaired) electrons. The van der Waals surface area contributed by atoms with Gasteiger partial charge in [0.25, 0.3) is 17.4 Å². The number of rotatable bonds is 0. The molecule has 1 aromatic carbocycles. The summed E-state index contributed by atoms with van der Waals surface area (Å²) < 4.78 is 104. The van der Waals surface area contributed by atoms with E-state index in [9.17, 15) is 35.8 Å². The van der Waals surface area contributed by atoms with E-state index in [0.717, 1.165) is 12.1 Å². The number of hydrogen-bond acceptors (Lipinski definition) is 7. The van der Waals surface area contributed by atoms with Crippen molar-refractivity contribution < 1.29 is 40.3 Å². The van der Waals surface area contributed by atoms with E-state index < -0.39 is 63.9 Å². The molecule has 198 valence electrons. The van der Waals surface area contributed by atoms with E-state index in [4.69, 9.17) is 10.2 Å². The Morgan fingerprint density at radius 3 is 2.49 bits per heavy atom. The third-order valence-corrected chi connectivity index (χ3v) is 6.76. The van der Waals surface area contributed by atoms with Gasteiger partial charge in [-0.1, -0.05) is 6.07 Å². The predicted octanol–water partition coefficient (Wildman–Crippen LogP) is 4.98. The second kappa shape index (κ2) is 8.57. The number of aliphatic hydroxyl groups is 1. The maximum Gasteiger partial charge on any atom is 0.430 e. The van der Waals surface area contributed by atoms with Crippen molar-refractivity contribution in [2.24, 2.45) is 0 Å². The zero-order valence-electron chi connectivity index (χ0n) is 19.0. The molecule has 37 heavy (non-hydrogen) atoms. The van der Waals surface area contributed by atoms with Crippen molar-refractivity contribution in [1.29, 1.82) is 0 Å². The fraction of sp³-hybridized carbons (Fsp3) is 0.435. The van der Waals surface area contributed by atoms with Gasteiger partial charge in [0.2, 0.25) is 0 Å². The summed E-state index contributed by atoms with van der Waals surface area (Å²) in [5, 5.41) is 17.6. The van der Waals surface area contributed by atoms with Crippen molar-refractivity contribution in [2.75, 3.05) is 17.2 Å². The average Bonchev–Trinajstić information content (AvgIpc) is 3.48. The van der Waals surface area contributed by atoms with Crippen LogP contribution in [0.3, 0.4) is 0 Å². The van der Waals surface area contributed by atoms with Crippen LogP contribution in [-0.2, 0) is 18.2 Å². The maximum absolute atomic E-state index is 14.7. The summed E-state index contributed by atoms with van der Waals surface area (Å²) in [6.07, 6.45) is -8.18. The molecule has 6 bridgehead atoms. The Kier molecular flexibility index (Phi) is 5.84. The van der Waals surface area contributed by atoms with Crippen LogP contribution in [0.25, 0.3) is 11.6 Å². The van der Waals surface area contributed by atoms with Crippen LogP contribution < -0.4 is 10.6 Å². The molecule has 3 aromatic rings. The normalized spacial score (nSPS) is 22.4. The summed E-state index contributed by atoms with van der Waals surface area (Å²) in [6, 6.07) is 3.25. The Hall–Kier alpha value is -3.42. The van der Waals surface area contributed by atoms with Crippen molar-refractivity contribution in [3.05, 3.63) is 52.7 Å². The molecule has 0 spiro atoms. The highest BCUT2D eigenvalue weighted by Crippen LogP contribution is 2.47. The van der Waals surface area contributed by atoms with Gasteiger partial charge in [0.05, 0.1) is 5.69 Å². The Bertz CT molecular complexity index is 1340. The van der Waals surface area contributed by atoms with Gasteiger partial charge in [-0.25, -0.2) is 9.37 Å². The lowest BCUT2D eigenvalue weighted by Crippen LogP contribution is -2.44. The summed E-state index contributed by atoms with van der Waals surface area (Å²) in [7, 11) is 0. The second-order valence-corrected chi connectivity index (χ2v) is 9.11. The van der Waals surface area contributed by atoms with E-state index in [-0.39, 0.29) is 24.6 Å². The molecule has 2 aliphatic rings. The van der Waals surface area contributed by atoms with Gasteiger partial charge in [-0.2, -0.15) is 26.3 Å². The van der Waals surface area contributed by atoms with Crippen LogP contribution in [0.2, 0.25) is 0 Å². The lowest BCUT2D eigenvalue weighted by atomic mass is 9.90. The molecule has 0 unspecified atom stereocenters. The molecule has 2 aromatic heterocycles. The van der Waals surface area contributed by atoms with Gasteiger partial charge in [-0.15, -0.1) is 10.2 Å². The van der Waals surface area contributed by atoms with Gasteiger partial charge in [0.15, 0.2) is 5.69 Å². The van der Waals surface area contributed by atoms with Crippen LogP contribution in [0.1, 0.15) is 48.3 Å². The smallest absolute Gasteiger partial charge is 0.415 e. The minimum atomic E-state index is -5.50. The number of aromatic nitrogens is 3. The minimum absolute atomic E-state index is 0.188. The summed E-state index contributed by atoms with van der Waals surface area (Å²) in [4.78, 5) is 5.54. The number of aryl methyl sites for hydroxylation is 1. The third-order valence-electron chi connectivity index (χ3n) is 6.76. The van der Waals surface area contributed by atoms with Crippen molar-refractivity contribution in [1.82, 2.24) is 15.2 Å². The Morgan fingerprint density at radius 2 is 1.78 bits per heavy atom. The first-order chi connectivity index (χ1) is 17.3. The molecule has 5 rings (SSSR count). The van der Waals surface area contributed by atoms with Crippen LogP contribution in [-0.4, -0.2) is 39.1 Å². The number of nitrogen functional groups attached to an aromatic ring is 1. The number of halogens is 7. The van der Waals surface area contributed by atoms with Crippen LogP contribution in [0, 0.1) is 5.82 Å². The molecule has 7 nitrogen and oxygen atoms in total. The number of benzene rings is 1. The molecular formula is C23H20F7N5O2. The van der Waals surface area contributed by atoms with Gasteiger partial charge < -0.3 is 20.2 Å². The lowest BCUT2D eigenvalue weighted by molar-refractivity contribution is -0.256. The van der Waals surface area contributed by atoms with Gasteiger partial charge in [0, 0.05) is 18.2 Å². The van der Waals surface area contributed by atoms with Crippen molar-refractivity contribution in [2.45, 2.75) is 56.1 Å². The monoisotopic (exact) mass is 531 g/mol. The topological polar surface area (TPSA) is 101 Å². The highest BCUT2D eigenvalue weighted by Gasteiger charge is 2.61. The first-order valence-electron chi connectivity index (χ1n) is 11.4. The maximum atomic E-state index is 14.7. The fourth-order valence-electron chi connectivity index (χ4n) is 4.93. The van der Waals surface area contributed by atoms with Crippen LogP contribution >= 0.6 is 0 Å². The Morgan fingerprint density at radius 1 is 1.05 bits per heavy atom. The highest BCUT2D eigenvalue weighted by molar-refractivity contribution is 5.71. The van der Waals surface area contributed by atoms with Crippen molar-refractivity contribution >= 4 is 11.5 Å². The van der Waals surface area contributed by atoms with Crippen LogP contribution in [0.4, 0.5) is 42.2 Å². The molecule has 14 heteroatoms. The van der Waals surface area contributed by atoms with Gasteiger partial charge in [0.1, 0.15) is 17.2 Å². The van der Waals surface area contributed by atoms with E-state index in [0.29, 0.717) is 31.7 Å². The van der Waals surface area contributed by atoms with Crippen LogP contribution in [0.5, 0.6) is 0 Å². The molecule has 2 aliphatic heterocycles. The second-order valence-electron chi connectivity index (χ2n) is 9.11. The molecule has 4 heterocycles. The number of hydrogen-bond donors (Lipinski definition) is 2. The standard InChI is InChI=1S/C23H20F7N5O2/c24-15-7-6-11-3-1-4-12-5-2-8-35(12)18-14(22(25,26)27)10-16(31)17(32-18)19-33-34-20(37-19)21(36,13(15)9-11)23(28,29)30/h6-7,9-10,12,36H,1-5,8,31H2/t12-,21-/m1/s1. The first-order valence-corrected chi connectivity index (χ1v) is 11.4. The lowest BCUT2D eigenvalue weighted by Gasteiger charge is -2.29. The van der Waals surface area contributed by atoms with E-state index >= 15 is 0 Å². The summed E-state index contributed by atoms with van der Waals surface area (Å²) in [6.45, 7) is 0.272. The minimum Gasteiger partial charge on any atom is -0.415 e. The number of nitrogens with zero attached hydrogens (tertiary/aromatic N) is 4. The first kappa shape index (κ1) is 25.2. The molecule has 0 aliphatic carbocycles. The number of nitrogens with two attached hydrogens (primary N) is 1. The van der Waals surface area contributed by atoms with E-state index in [1.807, 2.05) is 0 Å². The van der Waals surface area contributed by atoms with E-state index in [2.05, 4.69) is 15.2 Å². The average molecular weight is 531 g/mol. The summed E-state index contributed by atoms with van der Waals surface area (Å²) in [5.74, 6) is -3.99. The summed E-state index contributed by atoms with van der Waals surface area (Å²) in [5.41, 5.74) is -1.25. The van der Waals surface area contributed by atoms with Crippen LogP contribution in [0.15, 0.2) is 28.7 Å². The predicted molar refractivity (Wildman–Crippen MR) is 116 cm³/mol. The number of fused-ring (bicyclic) bond motifs is 9. The quantitative estimate of drug-likeness (QED) is 0.395.